The van der Waals surface area contributed by atoms with E-state index in [1.54, 1.807) is 17.4 Å². The van der Waals surface area contributed by atoms with Gasteiger partial charge in [0.15, 0.2) is 15.2 Å². The molecule has 0 bridgehead atoms. The van der Waals surface area contributed by atoms with Crippen molar-refractivity contribution in [2.24, 2.45) is 0 Å². The monoisotopic (exact) mass is 371 g/mol. The van der Waals surface area contributed by atoms with E-state index in [1.165, 1.54) is 0 Å². The van der Waals surface area contributed by atoms with E-state index in [0.29, 0.717) is 5.56 Å². The molecule has 132 valence electrons. The highest BCUT2D eigenvalue weighted by atomic mass is 32.2. The predicted octanol–water partition coefficient (Wildman–Crippen LogP) is 2.80. The summed E-state index contributed by atoms with van der Waals surface area (Å²) in [5, 5.41) is 11.5. The molecule has 0 saturated carbocycles. The zero-order valence-corrected chi connectivity index (χ0v) is 15.2. The highest BCUT2D eigenvalue weighted by Gasteiger charge is 2.30. The molecule has 0 fully saturated rings. The molecule has 0 aliphatic rings. The van der Waals surface area contributed by atoms with E-state index in [4.69, 9.17) is 4.74 Å². The Labute approximate surface area is 145 Å². The van der Waals surface area contributed by atoms with Gasteiger partial charge in [-0.1, -0.05) is 6.07 Å². The molecule has 1 heterocycles. The number of amides is 1. The summed E-state index contributed by atoms with van der Waals surface area (Å²) in [5.41, 5.74) is 0.620. The Balaban J connectivity index is 2.17. The molecule has 0 aliphatic heterocycles. The molecule has 2 rings (SSSR count). The van der Waals surface area contributed by atoms with Gasteiger partial charge < -0.3 is 4.74 Å². The highest BCUT2D eigenvalue weighted by Crippen LogP contribution is 2.24. The van der Waals surface area contributed by atoms with Gasteiger partial charge in [0.05, 0.1) is 11.9 Å². The van der Waals surface area contributed by atoms with Crippen molar-refractivity contribution < 1.29 is 23.2 Å². The van der Waals surface area contributed by atoms with E-state index >= 15 is 0 Å². The molecule has 2 aromatic rings. The number of rotatable bonds is 9. The summed E-state index contributed by atoms with van der Waals surface area (Å²) >= 11 is 1.58. The van der Waals surface area contributed by atoms with Crippen LogP contribution in [0.4, 0.5) is 0 Å². The summed E-state index contributed by atoms with van der Waals surface area (Å²) < 4.78 is 31.7. The third kappa shape index (κ3) is 4.76. The van der Waals surface area contributed by atoms with Gasteiger partial charge >= 0.3 is 0 Å². The normalized spacial score (nSPS) is 13.3. The van der Waals surface area contributed by atoms with E-state index in [1.807, 2.05) is 37.4 Å². The quantitative estimate of drug-likeness (QED) is 0.416. The minimum atomic E-state index is -3.77. The van der Waals surface area contributed by atoms with E-state index in [2.05, 4.69) is 0 Å². The SMILES string of the molecule is CC(C)OCCC(N(O)C=O)S(=O)(=O)Cc1ccc2sccc2c1. The Bertz CT molecular complexity index is 785. The van der Waals surface area contributed by atoms with Crippen molar-refractivity contribution in [3.05, 3.63) is 35.2 Å². The predicted molar refractivity (Wildman–Crippen MR) is 93.6 cm³/mol. The number of benzene rings is 1. The van der Waals surface area contributed by atoms with Gasteiger partial charge in [-0.3, -0.25) is 10.0 Å². The first-order valence-electron chi connectivity index (χ1n) is 7.55. The van der Waals surface area contributed by atoms with Gasteiger partial charge in [0, 0.05) is 17.7 Å². The fourth-order valence-electron chi connectivity index (χ4n) is 2.38. The molecule has 0 radical (unpaired) electrons. The zero-order valence-electron chi connectivity index (χ0n) is 13.6. The Morgan fingerprint density at radius 1 is 1.33 bits per heavy atom. The maximum Gasteiger partial charge on any atom is 0.234 e. The lowest BCUT2D eigenvalue weighted by Gasteiger charge is -2.23. The molecule has 1 aromatic heterocycles. The van der Waals surface area contributed by atoms with Gasteiger partial charge in [-0.25, -0.2) is 13.5 Å². The van der Waals surface area contributed by atoms with Crippen LogP contribution in [0.3, 0.4) is 0 Å². The minimum absolute atomic E-state index is 0.0104. The number of sulfone groups is 1. The van der Waals surface area contributed by atoms with Crippen molar-refractivity contribution in [2.75, 3.05) is 6.61 Å². The molecule has 1 aromatic carbocycles. The zero-order chi connectivity index (χ0) is 17.7. The summed E-state index contributed by atoms with van der Waals surface area (Å²) in [6.45, 7) is 3.79. The Morgan fingerprint density at radius 3 is 2.75 bits per heavy atom. The van der Waals surface area contributed by atoms with Crippen molar-refractivity contribution in [3.8, 4) is 0 Å². The molecule has 6 nitrogen and oxygen atoms in total. The number of nitrogens with zero attached hydrogens (tertiary/aromatic N) is 1. The summed E-state index contributed by atoms with van der Waals surface area (Å²) in [6, 6.07) is 7.36. The lowest BCUT2D eigenvalue weighted by Crippen LogP contribution is -2.39. The van der Waals surface area contributed by atoms with Crippen molar-refractivity contribution in [1.29, 1.82) is 0 Å². The van der Waals surface area contributed by atoms with Gasteiger partial charge in [-0.15, -0.1) is 11.3 Å². The van der Waals surface area contributed by atoms with E-state index < -0.39 is 15.2 Å². The average molecular weight is 371 g/mol. The number of carbonyl (C=O) groups excluding carboxylic acids is 1. The van der Waals surface area contributed by atoms with Gasteiger partial charge in [0.1, 0.15) is 0 Å². The lowest BCUT2D eigenvalue weighted by molar-refractivity contribution is -0.154. The topological polar surface area (TPSA) is 83.9 Å². The third-order valence-electron chi connectivity index (χ3n) is 3.52. The standard InChI is InChI=1S/C16H21NO5S2/c1-12(2)22-7-5-16(17(19)11-18)24(20,21)10-13-3-4-15-14(9-13)6-8-23-15/h3-4,6,8-9,11-12,16,19H,5,7,10H2,1-2H3. The number of hydrogen-bond donors (Lipinski definition) is 1. The molecule has 0 spiro atoms. The minimum Gasteiger partial charge on any atom is -0.379 e. The number of ether oxygens (including phenoxy) is 1. The molecule has 1 amide bonds. The first-order valence-corrected chi connectivity index (χ1v) is 10.1. The number of thiophene rings is 1. The second-order valence-electron chi connectivity index (χ2n) is 5.75. The first kappa shape index (κ1) is 18.9. The molecule has 8 heteroatoms. The molecule has 0 aliphatic carbocycles. The van der Waals surface area contributed by atoms with Crippen LogP contribution < -0.4 is 0 Å². The maximum absolute atomic E-state index is 12.6. The number of fused-ring (bicyclic) bond motifs is 1. The number of hydroxylamine groups is 2. The number of carbonyl (C=O) groups is 1. The van der Waals surface area contributed by atoms with E-state index in [9.17, 15) is 18.4 Å². The van der Waals surface area contributed by atoms with Crippen LogP contribution >= 0.6 is 11.3 Å². The Morgan fingerprint density at radius 2 is 2.08 bits per heavy atom. The van der Waals surface area contributed by atoms with Crippen LogP contribution in [0, 0.1) is 0 Å². The second-order valence-corrected chi connectivity index (χ2v) is 8.85. The summed E-state index contributed by atoms with van der Waals surface area (Å²) in [5.74, 6) is -0.254. The maximum atomic E-state index is 12.6. The molecular weight excluding hydrogens is 350 g/mol. The largest absolute Gasteiger partial charge is 0.379 e. The Kier molecular flexibility index (Phi) is 6.34. The average Bonchev–Trinajstić information content (AvgIpc) is 2.97. The van der Waals surface area contributed by atoms with Crippen LogP contribution in [0.2, 0.25) is 0 Å². The van der Waals surface area contributed by atoms with E-state index in [-0.39, 0.29) is 36.4 Å². The lowest BCUT2D eigenvalue weighted by atomic mass is 10.2. The van der Waals surface area contributed by atoms with Crippen molar-refractivity contribution in [3.63, 3.8) is 0 Å². The van der Waals surface area contributed by atoms with Gasteiger partial charge in [-0.05, 0) is 48.4 Å². The fraction of sp³-hybridized carbons (Fsp3) is 0.438. The van der Waals surface area contributed by atoms with Crippen LogP contribution in [-0.4, -0.2) is 43.2 Å². The fourth-order valence-corrected chi connectivity index (χ4v) is 4.82. The second kappa shape index (κ2) is 8.06. The van der Waals surface area contributed by atoms with Crippen molar-refractivity contribution in [2.45, 2.75) is 37.5 Å². The Hall–Kier alpha value is -1.48. The smallest absolute Gasteiger partial charge is 0.234 e. The van der Waals surface area contributed by atoms with E-state index in [0.717, 1.165) is 10.1 Å². The summed E-state index contributed by atoms with van der Waals surface area (Å²) in [7, 11) is -3.77. The van der Waals surface area contributed by atoms with Gasteiger partial charge in [0.2, 0.25) is 6.41 Å². The van der Waals surface area contributed by atoms with Gasteiger partial charge in [-0.2, -0.15) is 0 Å². The molecular formula is C16H21NO5S2. The van der Waals surface area contributed by atoms with Gasteiger partial charge in [0.25, 0.3) is 0 Å². The van der Waals surface area contributed by atoms with Crippen LogP contribution in [0.15, 0.2) is 29.6 Å². The number of hydrogen-bond acceptors (Lipinski definition) is 6. The van der Waals surface area contributed by atoms with Crippen molar-refractivity contribution >= 4 is 37.7 Å². The van der Waals surface area contributed by atoms with Crippen LogP contribution in [0.1, 0.15) is 25.8 Å². The van der Waals surface area contributed by atoms with Crippen LogP contribution in [0.25, 0.3) is 10.1 Å². The van der Waals surface area contributed by atoms with Crippen LogP contribution in [-0.2, 0) is 25.1 Å². The molecule has 0 saturated heterocycles. The molecule has 1 atom stereocenters. The summed E-state index contributed by atoms with van der Waals surface area (Å²) in [4.78, 5) is 10.9. The van der Waals surface area contributed by atoms with Crippen molar-refractivity contribution in [1.82, 2.24) is 5.06 Å². The van der Waals surface area contributed by atoms with Crippen LogP contribution in [0.5, 0.6) is 0 Å². The molecule has 1 N–H and O–H groups in total. The highest BCUT2D eigenvalue weighted by molar-refractivity contribution is 7.91. The molecule has 1 unspecified atom stereocenters. The third-order valence-corrected chi connectivity index (χ3v) is 6.43. The molecule has 24 heavy (non-hydrogen) atoms. The first-order chi connectivity index (χ1) is 11.3. The summed E-state index contributed by atoms with van der Waals surface area (Å²) in [6.07, 6.45) is 0.0635.